The number of nitrogens with one attached hydrogen (secondary N) is 1. The minimum absolute atomic E-state index is 0.0739. The maximum atomic E-state index is 13.2. The normalized spacial score (nSPS) is 23.4. The van der Waals surface area contributed by atoms with E-state index in [4.69, 9.17) is 0 Å². The van der Waals surface area contributed by atoms with E-state index in [1.807, 2.05) is 18.7 Å². The Balaban J connectivity index is 1.62. The summed E-state index contributed by atoms with van der Waals surface area (Å²) in [5.41, 5.74) is -0.383. The molecule has 2 saturated heterocycles. The van der Waals surface area contributed by atoms with Gasteiger partial charge in [0.2, 0.25) is 5.91 Å². The molecule has 0 bridgehead atoms. The number of tetrazole rings is 1. The molecule has 2 fully saturated rings. The first-order chi connectivity index (χ1) is 12.5. The van der Waals surface area contributed by atoms with Gasteiger partial charge in [0, 0.05) is 25.2 Å². The van der Waals surface area contributed by atoms with Crippen molar-refractivity contribution in [3.05, 3.63) is 18.1 Å². The molecule has 2 amide bonds. The van der Waals surface area contributed by atoms with Gasteiger partial charge >= 0.3 is 0 Å². The van der Waals surface area contributed by atoms with Crippen molar-refractivity contribution in [2.75, 3.05) is 13.1 Å². The van der Waals surface area contributed by atoms with Gasteiger partial charge in [-0.2, -0.15) is 9.78 Å². The summed E-state index contributed by atoms with van der Waals surface area (Å²) in [4.78, 5) is 30.0. The van der Waals surface area contributed by atoms with Crippen molar-refractivity contribution in [1.82, 2.24) is 40.2 Å². The zero-order valence-electron chi connectivity index (χ0n) is 14.9. The van der Waals surface area contributed by atoms with Crippen LogP contribution >= 0.6 is 0 Å². The first-order valence-corrected chi connectivity index (χ1v) is 8.95. The Kier molecular flexibility index (Phi) is 3.97. The maximum absolute atomic E-state index is 13.2. The summed E-state index contributed by atoms with van der Waals surface area (Å²) in [6, 6.07) is 1.74. The van der Waals surface area contributed by atoms with Gasteiger partial charge in [-0.15, -0.1) is 5.10 Å². The second-order valence-electron chi connectivity index (χ2n) is 7.18. The number of nitrogens with zero attached hydrogens (tertiary/aromatic N) is 7. The summed E-state index contributed by atoms with van der Waals surface area (Å²) in [5, 5.41) is 17.8. The van der Waals surface area contributed by atoms with Crippen LogP contribution in [0.2, 0.25) is 0 Å². The van der Waals surface area contributed by atoms with E-state index < -0.39 is 5.54 Å². The summed E-state index contributed by atoms with van der Waals surface area (Å²) >= 11 is 0. The molecular weight excluding hydrogens is 336 g/mol. The fourth-order valence-corrected chi connectivity index (χ4v) is 4.12. The monoisotopic (exact) mass is 358 g/mol. The van der Waals surface area contributed by atoms with Crippen LogP contribution in [0, 0.1) is 0 Å². The number of hydrogen-bond acceptors (Lipinski definition) is 6. The van der Waals surface area contributed by atoms with Crippen LogP contribution in [0.5, 0.6) is 0 Å². The first kappa shape index (κ1) is 16.7. The van der Waals surface area contributed by atoms with Gasteiger partial charge < -0.3 is 9.80 Å². The predicted octanol–water partition coefficient (Wildman–Crippen LogP) is 0.391. The van der Waals surface area contributed by atoms with E-state index in [0.717, 1.165) is 32.2 Å². The molecule has 2 aliphatic heterocycles. The van der Waals surface area contributed by atoms with Crippen molar-refractivity contribution in [3.8, 4) is 5.82 Å². The van der Waals surface area contributed by atoms with Gasteiger partial charge in [0.05, 0.1) is 0 Å². The number of carbonyl (C=O) groups is 2. The van der Waals surface area contributed by atoms with Crippen molar-refractivity contribution in [3.63, 3.8) is 0 Å². The zero-order chi connectivity index (χ0) is 18.3. The molecule has 10 nitrogen and oxygen atoms in total. The Labute approximate surface area is 150 Å². The SMILES string of the molecule is CC(C)N1CCCC2(CCCN2C(=O)c2cc(-n3cnnn3)n[nH]2)C1=O. The summed E-state index contributed by atoms with van der Waals surface area (Å²) in [5.74, 6) is 0.309. The molecule has 1 atom stereocenters. The quantitative estimate of drug-likeness (QED) is 0.849. The highest BCUT2D eigenvalue weighted by Gasteiger charge is 2.53. The van der Waals surface area contributed by atoms with Gasteiger partial charge in [0.1, 0.15) is 17.6 Å². The topological polar surface area (TPSA) is 113 Å². The van der Waals surface area contributed by atoms with Crippen LogP contribution in [0.4, 0.5) is 0 Å². The average Bonchev–Trinajstić information content (AvgIpc) is 3.37. The van der Waals surface area contributed by atoms with Gasteiger partial charge in [-0.3, -0.25) is 14.7 Å². The summed E-state index contributed by atoms with van der Waals surface area (Å²) in [6.45, 7) is 5.38. The second-order valence-corrected chi connectivity index (χ2v) is 7.18. The average molecular weight is 358 g/mol. The van der Waals surface area contributed by atoms with E-state index in [-0.39, 0.29) is 17.9 Å². The van der Waals surface area contributed by atoms with Crippen LogP contribution in [0.3, 0.4) is 0 Å². The Morgan fingerprint density at radius 2 is 2.04 bits per heavy atom. The molecular formula is C16H22N8O2. The number of carbonyl (C=O) groups excluding carboxylic acids is 2. The van der Waals surface area contributed by atoms with Gasteiger partial charge in [0.25, 0.3) is 5.91 Å². The molecule has 4 rings (SSSR count). The third kappa shape index (κ3) is 2.47. The predicted molar refractivity (Wildman–Crippen MR) is 90.4 cm³/mol. The van der Waals surface area contributed by atoms with Gasteiger partial charge in [-0.1, -0.05) is 0 Å². The lowest BCUT2D eigenvalue weighted by molar-refractivity contribution is -0.147. The number of likely N-dealkylation sites (tertiary alicyclic amines) is 2. The number of amides is 2. The lowest BCUT2D eigenvalue weighted by Gasteiger charge is -2.45. The molecule has 1 N–H and O–H groups in total. The van der Waals surface area contributed by atoms with E-state index in [2.05, 4.69) is 25.7 Å². The molecule has 0 aromatic carbocycles. The number of piperidine rings is 1. The van der Waals surface area contributed by atoms with Crippen LogP contribution in [-0.4, -0.2) is 76.7 Å². The molecule has 2 aromatic heterocycles. The first-order valence-electron chi connectivity index (χ1n) is 8.95. The van der Waals surface area contributed by atoms with Crippen LogP contribution in [-0.2, 0) is 4.79 Å². The number of H-pyrrole nitrogens is 1. The highest BCUT2D eigenvalue weighted by atomic mass is 16.2. The molecule has 10 heteroatoms. The smallest absolute Gasteiger partial charge is 0.272 e. The largest absolute Gasteiger partial charge is 0.338 e. The zero-order valence-corrected chi connectivity index (χ0v) is 14.9. The molecule has 2 aromatic rings. The van der Waals surface area contributed by atoms with E-state index in [1.165, 1.54) is 11.0 Å². The fourth-order valence-electron chi connectivity index (χ4n) is 4.12. The van der Waals surface area contributed by atoms with Crippen molar-refractivity contribution >= 4 is 11.8 Å². The molecule has 1 spiro atoms. The van der Waals surface area contributed by atoms with Gasteiger partial charge in [-0.25, -0.2) is 0 Å². The number of rotatable bonds is 3. The van der Waals surface area contributed by atoms with Crippen LogP contribution in [0.15, 0.2) is 12.4 Å². The van der Waals surface area contributed by atoms with Crippen LogP contribution in [0.1, 0.15) is 50.0 Å². The molecule has 0 aliphatic carbocycles. The lowest BCUT2D eigenvalue weighted by atomic mass is 9.84. The third-order valence-electron chi connectivity index (χ3n) is 5.38. The lowest BCUT2D eigenvalue weighted by Crippen LogP contribution is -2.62. The highest BCUT2D eigenvalue weighted by Crippen LogP contribution is 2.39. The van der Waals surface area contributed by atoms with Crippen LogP contribution in [0.25, 0.3) is 5.82 Å². The molecule has 0 radical (unpaired) electrons. The van der Waals surface area contributed by atoms with E-state index in [0.29, 0.717) is 18.1 Å². The van der Waals surface area contributed by atoms with Crippen molar-refractivity contribution in [2.24, 2.45) is 0 Å². The molecule has 4 heterocycles. The van der Waals surface area contributed by atoms with Gasteiger partial charge in [-0.05, 0) is 50.0 Å². The van der Waals surface area contributed by atoms with E-state index >= 15 is 0 Å². The Bertz CT molecular complexity index is 814. The number of aromatic amines is 1. The minimum Gasteiger partial charge on any atom is -0.338 e. The minimum atomic E-state index is -0.723. The van der Waals surface area contributed by atoms with Crippen molar-refractivity contribution in [1.29, 1.82) is 0 Å². The second kappa shape index (κ2) is 6.19. The number of aromatic nitrogens is 6. The molecule has 2 aliphatic rings. The molecule has 26 heavy (non-hydrogen) atoms. The van der Waals surface area contributed by atoms with Crippen LogP contribution < -0.4 is 0 Å². The fraction of sp³-hybridized carbons (Fsp3) is 0.625. The Hall–Kier alpha value is -2.78. The molecule has 138 valence electrons. The summed E-state index contributed by atoms with van der Waals surface area (Å²) in [6.07, 6.45) is 4.58. The molecule has 0 saturated carbocycles. The highest BCUT2D eigenvalue weighted by molar-refractivity contribution is 5.99. The Morgan fingerprint density at radius 3 is 2.73 bits per heavy atom. The van der Waals surface area contributed by atoms with Gasteiger partial charge in [0.15, 0.2) is 5.82 Å². The summed E-state index contributed by atoms with van der Waals surface area (Å²) in [7, 11) is 0. The third-order valence-corrected chi connectivity index (χ3v) is 5.38. The molecule has 1 unspecified atom stereocenters. The van der Waals surface area contributed by atoms with E-state index in [1.54, 1.807) is 11.0 Å². The standard InChI is InChI=1S/C16H22N8O2/c1-11(2)22-7-3-5-16(15(22)26)6-4-8-23(16)14(25)12-9-13(19-18-12)24-10-17-20-21-24/h9-11H,3-8H2,1-2H3,(H,18,19). The maximum Gasteiger partial charge on any atom is 0.272 e. The van der Waals surface area contributed by atoms with E-state index in [9.17, 15) is 9.59 Å². The number of hydrogen-bond donors (Lipinski definition) is 1. The van der Waals surface area contributed by atoms with Crippen molar-refractivity contribution in [2.45, 2.75) is 51.1 Å². The summed E-state index contributed by atoms with van der Waals surface area (Å²) < 4.78 is 1.37. The Morgan fingerprint density at radius 1 is 1.27 bits per heavy atom. The van der Waals surface area contributed by atoms with Crippen molar-refractivity contribution < 1.29 is 9.59 Å².